The molecule has 3 unspecified atom stereocenters. The second-order valence-electron chi connectivity index (χ2n) is 6.76. The standard InChI is InChI=1S/C12H22O4.C7H15NO/c1-3-10(2)12(13)15-7-5-4-6-14-8-11-9-16-11;1-5-6(2)7(9)8(3)4/h10-11H,3-9H2,1-2H3;6H,5H2,1-4H3. The summed E-state index contributed by atoms with van der Waals surface area (Å²) in [6, 6.07) is 0. The largest absolute Gasteiger partial charge is 0.465 e. The van der Waals surface area contributed by atoms with Gasteiger partial charge in [0.05, 0.1) is 25.7 Å². The van der Waals surface area contributed by atoms with E-state index in [9.17, 15) is 9.59 Å². The molecule has 1 heterocycles. The lowest BCUT2D eigenvalue weighted by Crippen LogP contribution is -2.27. The van der Waals surface area contributed by atoms with Gasteiger partial charge in [-0.15, -0.1) is 0 Å². The van der Waals surface area contributed by atoms with Crippen LogP contribution in [0.25, 0.3) is 0 Å². The first-order valence-electron chi connectivity index (χ1n) is 9.40. The molecular weight excluding hydrogens is 322 g/mol. The summed E-state index contributed by atoms with van der Waals surface area (Å²) < 4.78 is 15.5. The third kappa shape index (κ3) is 12.8. The molecule has 1 fully saturated rings. The molecule has 1 aliphatic rings. The number of hydrogen-bond donors (Lipinski definition) is 0. The van der Waals surface area contributed by atoms with Gasteiger partial charge in [-0.25, -0.2) is 0 Å². The number of carbonyl (C=O) groups excluding carboxylic acids is 2. The molecule has 6 nitrogen and oxygen atoms in total. The fourth-order valence-corrected chi connectivity index (χ4v) is 1.78. The maximum atomic E-state index is 11.3. The Bertz CT molecular complexity index is 369. The number of carbonyl (C=O) groups is 2. The second-order valence-corrected chi connectivity index (χ2v) is 6.76. The molecule has 0 aliphatic carbocycles. The minimum absolute atomic E-state index is 0.0169. The zero-order valence-electron chi connectivity index (χ0n) is 16.9. The minimum atomic E-state index is -0.0881. The molecule has 3 atom stereocenters. The Balaban J connectivity index is 0.000000547. The summed E-state index contributed by atoms with van der Waals surface area (Å²) in [5.74, 6) is 0.329. The second kappa shape index (κ2) is 14.1. The number of amides is 1. The highest BCUT2D eigenvalue weighted by Crippen LogP contribution is 2.09. The van der Waals surface area contributed by atoms with Crippen LogP contribution in [0.15, 0.2) is 0 Å². The fourth-order valence-electron chi connectivity index (χ4n) is 1.78. The molecule has 1 amide bonds. The quantitative estimate of drug-likeness (QED) is 0.322. The van der Waals surface area contributed by atoms with Crippen molar-refractivity contribution in [3.05, 3.63) is 0 Å². The first-order valence-corrected chi connectivity index (χ1v) is 9.40. The van der Waals surface area contributed by atoms with E-state index >= 15 is 0 Å². The summed E-state index contributed by atoms with van der Waals surface area (Å²) in [5, 5.41) is 0. The first-order chi connectivity index (χ1) is 11.8. The van der Waals surface area contributed by atoms with Crippen molar-refractivity contribution in [2.45, 2.75) is 59.5 Å². The van der Waals surface area contributed by atoms with E-state index in [1.54, 1.807) is 19.0 Å². The molecule has 0 aromatic carbocycles. The van der Waals surface area contributed by atoms with Crippen LogP contribution in [0.2, 0.25) is 0 Å². The van der Waals surface area contributed by atoms with Gasteiger partial charge in [0.2, 0.25) is 5.91 Å². The Hall–Kier alpha value is -1.14. The van der Waals surface area contributed by atoms with Crippen LogP contribution < -0.4 is 0 Å². The van der Waals surface area contributed by atoms with Crippen molar-refractivity contribution in [3.8, 4) is 0 Å². The maximum Gasteiger partial charge on any atom is 0.308 e. The van der Waals surface area contributed by atoms with Crippen molar-refractivity contribution in [1.82, 2.24) is 4.90 Å². The van der Waals surface area contributed by atoms with Crippen LogP contribution in [-0.4, -0.2) is 63.4 Å². The van der Waals surface area contributed by atoms with Crippen molar-refractivity contribution in [1.29, 1.82) is 0 Å². The van der Waals surface area contributed by atoms with E-state index in [1.807, 2.05) is 27.7 Å². The van der Waals surface area contributed by atoms with Gasteiger partial charge >= 0.3 is 5.97 Å². The Morgan fingerprint density at radius 1 is 1.08 bits per heavy atom. The van der Waals surface area contributed by atoms with Crippen LogP contribution in [-0.2, 0) is 23.8 Å². The molecular formula is C19H37NO5. The molecule has 1 saturated heterocycles. The molecule has 0 radical (unpaired) electrons. The Morgan fingerprint density at radius 3 is 2.08 bits per heavy atom. The number of epoxide rings is 1. The average Bonchev–Trinajstić information content (AvgIpc) is 3.43. The SMILES string of the molecule is CCC(C)C(=O)N(C)C.CCC(C)C(=O)OCCCCOCC1CO1. The normalized spacial score (nSPS) is 17.8. The number of hydrogen-bond acceptors (Lipinski definition) is 5. The summed E-state index contributed by atoms with van der Waals surface area (Å²) in [6.45, 7) is 10.6. The van der Waals surface area contributed by atoms with Crippen LogP contribution in [0.3, 0.4) is 0 Å². The number of unbranched alkanes of at least 4 members (excludes halogenated alkanes) is 1. The molecule has 1 aliphatic heterocycles. The molecule has 6 heteroatoms. The van der Waals surface area contributed by atoms with E-state index in [0.29, 0.717) is 19.3 Å². The van der Waals surface area contributed by atoms with Crippen molar-refractivity contribution in [2.75, 3.05) is 40.5 Å². The van der Waals surface area contributed by atoms with Gasteiger partial charge in [-0.3, -0.25) is 9.59 Å². The molecule has 0 bridgehead atoms. The number of nitrogens with zero attached hydrogens (tertiary/aromatic N) is 1. The lowest BCUT2D eigenvalue weighted by atomic mass is 10.1. The molecule has 1 rings (SSSR count). The highest BCUT2D eigenvalue weighted by Gasteiger charge is 2.21. The van der Waals surface area contributed by atoms with Crippen molar-refractivity contribution >= 4 is 11.9 Å². The summed E-state index contributed by atoms with van der Waals surface area (Å²) in [5.41, 5.74) is 0. The number of rotatable bonds is 11. The van der Waals surface area contributed by atoms with Crippen molar-refractivity contribution in [3.63, 3.8) is 0 Å². The fraction of sp³-hybridized carbons (Fsp3) is 0.895. The Kier molecular flexibility index (Phi) is 13.4. The van der Waals surface area contributed by atoms with Crippen LogP contribution in [0.1, 0.15) is 53.4 Å². The van der Waals surface area contributed by atoms with Gasteiger partial charge in [0.15, 0.2) is 0 Å². The van der Waals surface area contributed by atoms with Crippen molar-refractivity contribution in [2.24, 2.45) is 11.8 Å². The van der Waals surface area contributed by atoms with Crippen LogP contribution in [0, 0.1) is 11.8 Å². The molecule has 25 heavy (non-hydrogen) atoms. The van der Waals surface area contributed by atoms with Crippen LogP contribution in [0.4, 0.5) is 0 Å². The highest BCUT2D eigenvalue weighted by atomic mass is 16.6. The van der Waals surface area contributed by atoms with Gasteiger partial charge in [-0.2, -0.15) is 0 Å². The summed E-state index contributed by atoms with van der Waals surface area (Å²) in [4.78, 5) is 23.9. The molecule has 0 aromatic rings. The van der Waals surface area contributed by atoms with Gasteiger partial charge in [0, 0.05) is 26.6 Å². The summed E-state index contributed by atoms with van der Waals surface area (Å²) in [7, 11) is 3.57. The Morgan fingerprint density at radius 2 is 1.64 bits per heavy atom. The topological polar surface area (TPSA) is 68.4 Å². The Labute approximate surface area is 153 Å². The minimum Gasteiger partial charge on any atom is -0.465 e. The smallest absolute Gasteiger partial charge is 0.308 e. The lowest BCUT2D eigenvalue weighted by molar-refractivity contribution is -0.148. The van der Waals surface area contributed by atoms with Gasteiger partial charge in [-0.05, 0) is 25.7 Å². The van der Waals surface area contributed by atoms with Gasteiger partial charge in [-0.1, -0.05) is 27.7 Å². The predicted molar refractivity (Wildman–Crippen MR) is 98.4 cm³/mol. The van der Waals surface area contributed by atoms with Gasteiger partial charge in [0.1, 0.15) is 6.10 Å². The van der Waals surface area contributed by atoms with E-state index in [4.69, 9.17) is 14.2 Å². The van der Waals surface area contributed by atoms with E-state index in [0.717, 1.165) is 38.9 Å². The third-order valence-electron chi connectivity index (χ3n) is 4.12. The first kappa shape index (κ1) is 23.9. The molecule has 148 valence electrons. The van der Waals surface area contributed by atoms with E-state index in [-0.39, 0.29) is 23.7 Å². The summed E-state index contributed by atoms with van der Waals surface area (Å²) >= 11 is 0. The highest BCUT2D eigenvalue weighted by molar-refractivity contribution is 5.77. The van der Waals surface area contributed by atoms with Crippen LogP contribution in [0.5, 0.6) is 0 Å². The monoisotopic (exact) mass is 359 g/mol. The average molecular weight is 360 g/mol. The van der Waals surface area contributed by atoms with Crippen LogP contribution >= 0.6 is 0 Å². The molecule has 0 spiro atoms. The predicted octanol–water partition coefficient (Wildman–Crippen LogP) is 2.89. The molecule has 0 saturated carbocycles. The lowest BCUT2D eigenvalue weighted by Gasteiger charge is -2.14. The van der Waals surface area contributed by atoms with Gasteiger partial charge < -0.3 is 19.1 Å². The van der Waals surface area contributed by atoms with Gasteiger partial charge in [0.25, 0.3) is 0 Å². The third-order valence-corrected chi connectivity index (χ3v) is 4.12. The molecule has 0 N–H and O–H groups in total. The zero-order valence-corrected chi connectivity index (χ0v) is 16.9. The van der Waals surface area contributed by atoms with E-state index in [1.165, 1.54) is 0 Å². The van der Waals surface area contributed by atoms with Crippen molar-refractivity contribution < 1.29 is 23.8 Å². The maximum absolute atomic E-state index is 11.3. The van der Waals surface area contributed by atoms with E-state index < -0.39 is 0 Å². The van der Waals surface area contributed by atoms with E-state index in [2.05, 4.69) is 0 Å². The summed E-state index contributed by atoms with van der Waals surface area (Å²) in [6.07, 6.45) is 3.90. The zero-order chi connectivity index (χ0) is 19.2. The number of ether oxygens (including phenoxy) is 3. The number of esters is 1. The molecule has 0 aromatic heterocycles.